The van der Waals surface area contributed by atoms with Crippen LogP contribution < -0.4 is 11.1 Å². The molecule has 0 aromatic rings. The molecule has 0 aromatic carbocycles. The Morgan fingerprint density at radius 3 is 2.69 bits per heavy atom. The van der Waals surface area contributed by atoms with Crippen molar-refractivity contribution < 1.29 is 9.90 Å². The largest absolute Gasteiger partial charge is 0.396 e. The van der Waals surface area contributed by atoms with Crippen LogP contribution >= 0.6 is 0 Å². The number of hydrogen-bond acceptors (Lipinski definition) is 3. The maximum Gasteiger partial charge on any atom is 0.236 e. The lowest BCUT2D eigenvalue weighted by Crippen LogP contribution is -2.42. The molecule has 1 aliphatic carbocycles. The second kappa shape index (κ2) is 4.07. The zero-order valence-electron chi connectivity index (χ0n) is 8.05. The van der Waals surface area contributed by atoms with E-state index in [-0.39, 0.29) is 17.9 Å². The van der Waals surface area contributed by atoms with Crippen LogP contribution in [0.5, 0.6) is 0 Å². The number of carbonyl (C=O) groups excluding carboxylic acids is 1. The molecule has 4 nitrogen and oxygen atoms in total. The molecule has 4 heteroatoms. The van der Waals surface area contributed by atoms with Crippen LogP contribution in [0.1, 0.15) is 26.2 Å². The maximum atomic E-state index is 11.2. The van der Waals surface area contributed by atoms with Gasteiger partial charge in [0.25, 0.3) is 0 Å². The van der Waals surface area contributed by atoms with Gasteiger partial charge in [-0.1, -0.05) is 6.92 Å². The molecule has 1 amide bonds. The van der Waals surface area contributed by atoms with E-state index < -0.39 is 6.04 Å². The summed E-state index contributed by atoms with van der Waals surface area (Å²) in [4.78, 5) is 11.2. The molecular weight excluding hydrogens is 168 g/mol. The number of aliphatic hydroxyl groups is 1. The van der Waals surface area contributed by atoms with Gasteiger partial charge in [0, 0.05) is 12.0 Å². The van der Waals surface area contributed by atoms with Gasteiger partial charge in [-0.2, -0.15) is 0 Å². The van der Waals surface area contributed by atoms with Crippen LogP contribution in [0.15, 0.2) is 0 Å². The molecule has 1 atom stereocenters. The Morgan fingerprint density at radius 1 is 1.69 bits per heavy atom. The van der Waals surface area contributed by atoms with Crippen molar-refractivity contribution in [3.63, 3.8) is 0 Å². The highest BCUT2D eigenvalue weighted by Crippen LogP contribution is 2.44. The number of aliphatic hydroxyl groups excluding tert-OH is 1. The predicted molar refractivity (Wildman–Crippen MR) is 50.0 cm³/mol. The number of amides is 1. The average molecular weight is 186 g/mol. The quantitative estimate of drug-likeness (QED) is 0.547. The smallest absolute Gasteiger partial charge is 0.236 e. The van der Waals surface area contributed by atoms with Gasteiger partial charge in [0.15, 0.2) is 0 Å². The molecule has 0 saturated heterocycles. The van der Waals surface area contributed by atoms with Gasteiger partial charge in [0.1, 0.15) is 0 Å². The van der Waals surface area contributed by atoms with E-state index in [0.29, 0.717) is 13.0 Å². The van der Waals surface area contributed by atoms with Gasteiger partial charge in [-0.25, -0.2) is 0 Å². The van der Waals surface area contributed by atoms with Crippen molar-refractivity contribution in [2.75, 3.05) is 13.2 Å². The molecule has 1 saturated carbocycles. The van der Waals surface area contributed by atoms with E-state index in [1.54, 1.807) is 0 Å². The lowest BCUT2D eigenvalue weighted by atomic mass is 10.1. The molecule has 0 radical (unpaired) electrons. The molecule has 0 heterocycles. The fourth-order valence-corrected chi connectivity index (χ4v) is 1.16. The second-order valence-electron chi connectivity index (χ2n) is 3.89. The Morgan fingerprint density at radius 2 is 2.31 bits per heavy atom. The van der Waals surface area contributed by atoms with E-state index >= 15 is 0 Å². The predicted octanol–water partition coefficient (Wildman–Crippen LogP) is -0.388. The standard InChI is InChI=1S/C9H18N2O2/c1-2-7(10)8(13)11-5-9(6-12)3-4-9/h7,12H,2-6,10H2,1H3,(H,11,13)/t7-/m1/s1. The van der Waals surface area contributed by atoms with Gasteiger partial charge >= 0.3 is 0 Å². The minimum atomic E-state index is -0.408. The van der Waals surface area contributed by atoms with Gasteiger partial charge in [-0.15, -0.1) is 0 Å². The first-order valence-corrected chi connectivity index (χ1v) is 4.78. The summed E-state index contributed by atoms with van der Waals surface area (Å²) in [6.45, 7) is 2.61. The highest BCUT2D eigenvalue weighted by atomic mass is 16.3. The topological polar surface area (TPSA) is 75.4 Å². The third-order valence-electron chi connectivity index (χ3n) is 2.71. The molecule has 0 aromatic heterocycles. The summed E-state index contributed by atoms with van der Waals surface area (Å²) in [7, 11) is 0. The summed E-state index contributed by atoms with van der Waals surface area (Å²) in [5, 5.41) is 11.7. The Bertz CT molecular complexity index is 190. The summed E-state index contributed by atoms with van der Waals surface area (Å²) in [6, 6.07) is -0.408. The van der Waals surface area contributed by atoms with Gasteiger partial charge in [-0.05, 0) is 19.3 Å². The monoisotopic (exact) mass is 186 g/mol. The van der Waals surface area contributed by atoms with E-state index in [4.69, 9.17) is 10.8 Å². The van der Waals surface area contributed by atoms with Crippen LogP contribution in [0.2, 0.25) is 0 Å². The molecular formula is C9H18N2O2. The summed E-state index contributed by atoms with van der Waals surface area (Å²) >= 11 is 0. The van der Waals surface area contributed by atoms with Crippen LogP contribution in [-0.4, -0.2) is 30.2 Å². The summed E-state index contributed by atoms with van der Waals surface area (Å²) in [6.07, 6.45) is 2.66. The van der Waals surface area contributed by atoms with Crippen LogP contribution in [0, 0.1) is 5.41 Å². The minimum Gasteiger partial charge on any atom is -0.396 e. The zero-order valence-corrected chi connectivity index (χ0v) is 8.05. The highest BCUT2D eigenvalue weighted by Gasteiger charge is 2.42. The van der Waals surface area contributed by atoms with Crippen LogP contribution in [-0.2, 0) is 4.79 Å². The van der Waals surface area contributed by atoms with Crippen molar-refractivity contribution in [3.8, 4) is 0 Å². The summed E-state index contributed by atoms with van der Waals surface area (Å²) in [5.74, 6) is -0.109. The van der Waals surface area contributed by atoms with Crippen molar-refractivity contribution in [3.05, 3.63) is 0 Å². The first-order valence-electron chi connectivity index (χ1n) is 4.78. The van der Waals surface area contributed by atoms with Crippen molar-refractivity contribution >= 4 is 5.91 Å². The molecule has 1 fully saturated rings. The average Bonchev–Trinajstić information content (AvgIpc) is 2.93. The molecule has 0 aliphatic heterocycles. The number of carbonyl (C=O) groups is 1. The molecule has 0 spiro atoms. The molecule has 4 N–H and O–H groups in total. The SMILES string of the molecule is CC[C@@H](N)C(=O)NCC1(CO)CC1. The van der Waals surface area contributed by atoms with Gasteiger partial charge < -0.3 is 16.2 Å². The molecule has 1 rings (SSSR count). The molecule has 1 aliphatic rings. The lowest BCUT2D eigenvalue weighted by molar-refractivity contribution is -0.122. The number of nitrogens with two attached hydrogens (primary N) is 1. The van der Waals surface area contributed by atoms with Crippen molar-refractivity contribution in [1.82, 2.24) is 5.32 Å². The van der Waals surface area contributed by atoms with Crippen molar-refractivity contribution in [1.29, 1.82) is 0 Å². The van der Waals surface area contributed by atoms with E-state index in [9.17, 15) is 4.79 Å². The minimum absolute atomic E-state index is 0.0247. The van der Waals surface area contributed by atoms with Crippen LogP contribution in [0.4, 0.5) is 0 Å². The molecule has 13 heavy (non-hydrogen) atoms. The fraction of sp³-hybridized carbons (Fsp3) is 0.889. The summed E-state index contributed by atoms with van der Waals surface area (Å²) in [5.41, 5.74) is 5.51. The first kappa shape index (κ1) is 10.5. The summed E-state index contributed by atoms with van der Waals surface area (Å²) < 4.78 is 0. The second-order valence-corrected chi connectivity index (χ2v) is 3.89. The van der Waals surface area contributed by atoms with E-state index in [2.05, 4.69) is 5.32 Å². The van der Waals surface area contributed by atoms with Crippen LogP contribution in [0.25, 0.3) is 0 Å². The normalized spacial score (nSPS) is 20.8. The van der Waals surface area contributed by atoms with Gasteiger partial charge in [0.05, 0.1) is 12.6 Å². The van der Waals surface area contributed by atoms with E-state index in [1.165, 1.54) is 0 Å². The fourth-order valence-electron chi connectivity index (χ4n) is 1.16. The lowest BCUT2D eigenvalue weighted by Gasteiger charge is -2.15. The highest BCUT2D eigenvalue weighted by molar-refractivity contribution is 5.81. The zero-order chi connectivity index (χ0) is 9.90. The molecule has 0 unspecified atom stereocenters. The Hall–Kier alpha value is -0.610. The van der Waals surface area contributed by atoms with Crippen molar-refractivity contribution in [2.24, 2.45) is 11.1 Å². The Labute approximate surface area is 78.5 Å². The maximum absolute atomic E-state index is 11.2. The van der Waals surface area contributed by atoms with Crippen molar-refractivity contribution in [2.45, 2.75) is 32.2 Å². The number of nitrogens with one attached hydrogen (secondary N) is 1. The first-order chi connectivity index (χ1) is 6.13. The Kier molecular flexibility index (Phi) is 3.27. The third kappa shape index (κ3) is 2.67. The Balaban J connectivity index is 2.22. The number of rotatable bonds is 5. The molecule has 0 bridgehead atoms. The van der Waals surface area contributed by atoms with E-state index in [1.807, 2.05) is 6.92 Å². The van der Waals surface area contributed by atoms with Gasteiger partial charge in [0.2, 0.25) is 5.91 Å². The molecule has 76 valence electrons. The van der Waals surface area contributed by atoms with E-state index in [0.717, 1.165) is 12.8 Å². The van der Waals surface area contributed by atoms with Crippen LogP contribution in [0.3, 0.4) is 0 Å². The number of hydrogen-bond donors (Lipinski definition) is 3. The third-order valence-corrected chi connectivity index (χ3v) is 2.71. The van der Waals surface area contributed by atoms with Gasteiger partial charge in [-0.3, -0.25) is 4.79 Å².